The van der Waals surface area contributed by atoms with Gasteiger partial charge in [0.05, 0.1) is 10.5 Å². The fraction of sp³-hybridized carbons (Fsp3) is 0.611. The highest BCUT2D eigenvalue weighted by Crippen LogP contribution is 2.32. The van der Waals surface area contributed by atoms with Crippen molar-refractivity contribution in [2.24, 2.45) is 11.8 Å². The average Bonchev–Trinajstić information content (AvgIpc) is 2.61. The zero-order chi connectivity index (χ0) is 20.2. The van der Waals surface area contributed by atoms with Crippen molar-refractivity contribution in [3.63, 3.8) is 0 Å². The number of nitrogens with one attached hydrogen (secondary N) is 1. The average molecular weight is 406 g/mol. The van der Waals surface area contributed by atoms with Crippen molar-refractivity contribution in [1.82, 2.24) is 9.62 Å². The van der Waals surface area contributed by atoms with Crippen molar-refractivity contribution >= 4 is 15.9 Å². The molecule has 1 saturated heterocycles. The van der Waals surface area contributed by atoms with E-state index >= 15 is 0 Å². The monoisotopic (exact) mass is 406 g/mol. The van der Waals surface area contributed by atoms with E-state index in [0.29, 0.717) is 31.4 Å². The first-order valence-electron chi connectivity index (χ1n) is 8.97. The standard InChI is InChI=1S/C18H25F3N2O3S/c1-13(2)6-9-22-17(24)14-7-10-23(11-8-14)27(25,26)16-5-3-4-15(12-16)18(19,20)21/h3-5,12-14H,6-11H2,1-2H3,(H,22,24). The summed E-state index contributed by atoms with van der Waals surface area (Å²) in [5, 5.41) is 2.86. The van der Waals surface area contributed by atoms with E-state index in [-0.39, 0.29) is 29.8 Å². The van der Waals surface area contributed by atoms with Crippen LogP contribution in [0.3, 0.4) is 0 Å². The number of halogens is 3. The Labute approximate surface area is 158 Å². The maximum atomic E-state index is 12.8. The van der Waals surface area contributed by atoms with Crippen molar-refractivity contribution in [2.45, 2.75) is 44.2 Å². The molecule has 1 aromatic rings. The van der Waals surface area contributed by atoms with Crippen LogP contribution in [0.1, 0.15) is 38.7 Å². The molecule has 0 unspecified atom stereocenters. The molecule has 2 rings (SSSR count). The van der Waals surface area contributed by atoms with Gasteiger partial charge in [0.2, 0.25) is 15.9 Å². The van der Waals surface area contributed by atoms with Gasteiger partial charge in [-0.1, -0.05) is 19.9 Å². The summed E-state index contributed by atoms with van der Waals surface area (Å²) in [6.07, 6.45) is -3.03. The Balaban J connectivity index is 2.00. The van der Waals surface area contributed by atoms with Gasteiger partial charge in [-0.3, -0.25) is 4.79 Å². The Morgan fingerprint density at radius 3 is 2.44 bits per heavy atom. The van der Waals surface area contributed by atoms with Crippen molar-refractivity contribution in [3.8, 4) is 0 Å². The molecule has 0 spiro atoms. The largest absolute Gasteiger partial charge is 0.416 e. The van der Waals surface area contributed by atoms with E-state index in [4.69, 9.17) is 0 Å². The molecular weight excluding hydrogens is 381 g/mol. The van der Waals surface area contributed by atoms with E-state index in [1.165, 1.54) is 0 Å². The highest BCUT2D eigenvalue weighted by atomic mass is 32.2. The molecule has 1 aliphatic rings. The Morgan fingerprint density at radius 1 is 1.26 bits per heavy atom. The SMILES string of the molecule is CC(C)CCNC(=O)C1CCN(S(=O)(=O)c2cccc(C(F)(F)F)c2)CC1. The topological polar surface area (TPSA) is 66.5 Å². The lowest BCUT2D eigenvalue weighted by Crippen LogP contribution is -2.43. The number of alkyl halides is 3. The fourth-order valence-corrected chi connectivity index (χ4v) is 4.48. The Bertz CT molecular complexity index is 755. The number of hydrogen-bond donors (Lipinski definition) is 1. The number of carbonyl (C=O) groups excluding carboxylic acids is 1. The summed E-state index contributed by atoms with van der Waals surface area (Å²) in [6, 6.07) is 3.74. The molecule has 27 heavy (non-hydrogen) atoms. The van der Waals surface area contributed by atoms with E-state index < -0.39 is 21.8 Å². The second-order valence-corrected chi connectivity index (χ2v) is 9.12. The van der Waals surface area contributed by atoms with Crippen molar-refractivity contribution in [1.29, 1.82) is 0 Å². The van der Waals surface area contributed by atoms with Crippen LogP contribution in [0.2, 0.25) is 0 Å². The number of rotatable bonds is 6. The predicted octanol–water partition coefficient (Wildman–Crippen LogP) is 3.27. The first-order valence-corrected chi connectivity index (χ1v) is 10.4. The van der Waals surface area contributed by atoms with Gasteiger partial charge >= 0.3 is 6.18 Å². The minimum atomic E-state index is -4.60. The summed E-state index contributed by atoms with van der Waals surface area (Å²) in [5.41, 5.74) is -0.997. The summed E-state index contributed by atoms with van der Waals surface area (Å²) >= 11 is 0. The van der Waals surface area contributed by atoms with E-state index in [0.717, 1.165) is 28.9 Å². The summed E-state index contributed by atoms with van der Waals surface area (Å²) in [6.45, 7) is 4.92. The highest BCUT2D eigenvalue weighted by Gasteiger charge is 2.35. The molecule has 1 aromatic carbocycles. The van der Waals surface area contributed by atoms with E-state index in [2.05, 4.69) is 19.2 Å². The molecule has 1 fully saturated rings. The number of amides is 1. The minimum absolute atomic E-state index is 0.0910. The lowest BCUT2D eigenvalue weighted by Gasteiger charge is -2.30. The fourth-order valence-electron chi connectivity index (χ4n) is 2.97. The lowest BCUT2D eigenvalue weighted by atomic mass is 9.97. The quantitative estimate of drug-likeness (QED) is 0.789. The molecule has 1 heterocycles. The van der Waals surface area contributed by atoms with E-state index in [1.54, 1.807) is 0 Å². The molecule has 5 nitrogen and oxygen atoms in total. The minimum Gasteiger partial charge on any atom is -0.356 e. The van der Waals surface area contributed by atoms with Crippen LogP contribution in [0.25, 0.3) is 0 Å². The van der Waals surface area contributed by atoms with E-state index in [1.807, 2.05) is 0 Å². The van der Waals surface area contributed by atoms with Gasteiger partial charge in [0.25, 0.3) is 0 Å². The van der Waals surface area contributed by atoms with Gasteiger partial charge in [-0.2, -0.15) is 17.5 Å². The van der Waals surface area contributed by atoms with Crippen LogP contribution in [-0.2, 0) is 21.0 Å². The molecular formula is C18H25F3N2O3S. The van der Waals surface area contributed by atoms with Crippen molar-refractivity contribution in [3.05, 3.63) is 29.8 Å². The molecule has 0 saturated carbocycles. The van der Waals surface area contributed by atoms with Gasteiger partial charge in [-0.05, 0) is 43.4 Å². The van der Waals surface area contributed by atoms with Crippen LogP contribution in [-0.4, -0.2) is 38.3 Å². The summed E-state index contributed by atoms with van der Waals surface area (Å²) in [4.78, 5) is 11.8. The lowest BCUT2D eigenvalue weighted by molar-refractivity contribution is -0.137. The van der Waals surface area contributed by atoms with Crippen molar-refractivity contribution < 1.29 is 26.4 Å². The van der Waals surface area contributed by atoms with Crippen LogP contribution < -0.4 is 5.32 Å². The molecule has 0 atom stereocenters. The second-order valence-electron chi connectivity index (χ2n) is 7.18. The number of sulfonamides is 1. The summed E-state index contributed by atoms with van der Waals surface area (Å²) in [5.74, 6) is 0.113. The van der Waals surface area contributed by atoms with Gasteiger partial charge < -0.3 is 5.32 Å². The molecule has 1 amide bonds. The number of hydrogen-bond acceptors (Lipinski definition) is 3. The van der Waals surface area contributed by atoms with E-state index in [9.17, 15) is 26.4 Å². The van der Waals surface area contributed by atoms with Crippen LogP contribution in [0.15, 0.2) is 29.2 Å². The Kier molecular flexibility index (Phi) is 6.91. The molecule has 9 heteroatoms. The summed E-state index contributed by atoms with van der Waals surface area (Å²) in [7, 11) is -4.02. The molecule has 1 aliphatic heterocycles. The molecule has 0 aliphatic carbocycles. The third-order valence-electron chi connectivity index (χ3n) is 4.64. The van der Waals surface area contributed by atoms with Gasteiger partial charge in [0, 0.05) is 25.6 Å². The molecule has 1 N–H and O–H groups in total. The highest BCUT2D eigenvalue weighted by molar-refractivity contribution is 7.89. The van der Waals surface area contributed by atoms with Gasteiger partial charge in [-0.15, -0.1) is 0 Å². The number of benzene rings is 1. The third kappa shape index (κ3) is 5.68. The number of piperidine rings is 1. The smallest absolute Gasteiger partial charge is 0.356 e. The van der Waals surface area contributed by atoms with Crippen LogP contribution in [0, 0.1) is 11.8 Å². The number of nitrogens with zero attached hydrogens (tertiary/aromatic N) is 1. The third-order valence-corrected chi connectivity index (χ3v) is 6.54. The molecule has 0 radical (unpaired) electrons. The first-order chi connectivity index (χ1) is 12.5. The van der Waals surface area contributed by atoms with Crippen LogP contribution in [0.5, 0.6) is 0 Å². The maximum absolute atomic E-state index is 12.8. The first kappa shape index (κ1) is 21.7. The normalized spacial score (nSPS) is 17.3. The maximum Gasteiger partial charge on any atom is 0.416 e. The molecule has 0 aromatic heterocycles. The van der Waals surface area contributed by atoms with Crippen LogP contribution in [0.4, 0.5) is 13.2 Å². The Morgan fingerprint density at radius 2 is 1.89 bits per heavy atom. The zero-order valence-electron chi connectivity index (χ0n) is 15.4. The van der Waals surface area contributed by atoms with Crippen LogP contribution >= 0.6 is 0 Å². The second kappa shape index (κ2) is 8.60. The molecule has 0 bridgehead atoms. The van der Waals surface area contributed by atoms with Gasteiger partial charge in [0.15, 0.2) is 0 Å². The van der Waals surface area contributed by atoms with Gasteiger partial charge in [-0.25, -0.2) is 8.42 Å². The summed E-state index contributed by atoms with van der Waals surface area (Å²) < 4.78 is 65.0. The molecule has 152 valence electrons. The van der Waals surface area contributed by atoms with Gasteiger partial charge in [0.1, 0.15) is 0 Å². The number of carbonyl (C=O) groups is 1. The zero-order valence-corrected chi connectivity index (χ0v) is 16.2. The van der Waals surface area contributed by atoms with Crippen molar-refractivity contribution in [2.75, 3.05) is 19.6 Å². The predicted molar refractivity (Wildman–Crippen MR) is 95.4 cm³/mol. The Hall–Kier alpha value is -1.61.